The van der Waals surface area contributed by atoms with Gasteiger partial charge in [0.2, 0.25) is 5.90 Å². The molecule has 0 aromatic heterocycles. The summed E-state index contributed by atoms with van der Waals surface area (Å²) in [5, 5.41) is 0. The highest BCUT2D eigenvalue weighted by atomic mass is 16.6. The average molecular weight is 462 g/mol. The Kier molecular flexibility index (Phi) is 7.78. The molecule has 2 aliphatic rings. The SMILES string of the molecule is CCOC(=O)CC1=C(Cc2cccc(Oc3ccccc3)c2)C(=O)O/C1=N\C1CCC(C)CC1. The van der Waals surface area contributed by atoms with Gasteiger partial charge in [-0.15, -0.1) is 0 Å². The lowest BCUT2D eigenvalue weighted by atomic mass is 9.87. The molecule has 1 fully saturated rings. The molecule has 6 nitrogen and oxygen atoms in total. The molecule has 0 bridgehead atoms. The van der Waals surface area contributed by atoms with E-state index in [4.69, 9.17) is 19.2 Å². The summed E-state index contributed by atoms with van der Waals surface area (Å²) in [4.78, 5) is 30.0. The molecule has 1 aliphatic heterocycles. The van der Waals surface area contributed by atoms with E-state index in [0.29, 0.717) is 29.2 Å². The number of carbonyl (C=O) groups excluding carboxylic acids is 2. The lowest BCUT2D eigenvalue weighted by Crippen LogP contribution is -2.19. The van der Waals surface area contributed by atoms with Crippen molar-refractivity contribution < 1.29 is 23.8 Å². The fraction of sp³-hybridized carbons (Fsp3) is 0.393. The van der Waals surface area contributed by atoms with E-state index in [2.05, 4.69) is 6.92 Å². The molecular weight excluding hydrogens is 430 g/mol. The Morgan fingerprint density at radius 1 is 1.00 bits per heavy atom. The molecule has 0 N–H and O–H groups in total. The topological polar surface area (TPSA) is 74.2 Å². The second-order valence-electron chi connectivity index (χ2n) is 8.92. The highest BCUT2D eigenvalue weighted by Crippen LogP contribution is 2.31. The highest BCUT2D eigenvalue weighted by molar-refractivity contribution is 6.16. The number of hydrogen-bond acceptors (Lipinski definition) is 6. The molecule has 1 saturated carbocycles. The van der Waals surface area contributed by atoms with Crippen molar-refractivity contribution in [3.8, 4) is 11.5 Å². The van der Waals surface area contributed by atoms with E-state index in [-0.39, 0.29) is 30.9 Å². The summed E-state index contributed by atoms with van der Waals surface area (Å²) in [6.45, 7) is 4.29. The molecule has 0 amide bonds. The van der Waals surface area contributed by atoms with Crippen LogP contribution in [-0.2, 0) is 25.5 Å². The van der Waals surface area contributed by atoms with E-state index in [1.807, 2.05) is 54.6 Å². The Hall–Kier alpha value is -3.41. The number of carbonyl (C=O) groups is 2. The van der Waals surface area contributed by atoms with Crippen molar-refractivity contribution in [3.05, 3.63) is 71.3 Å². The highest BCUT2D eigenvalue weighted by Gasteiger charge is 2.34. The Morgan fingerprint density at radius 2 is 1.74 bits per heavy atom. The zero-order valence-electron chi connectivity index (χ0n) is 19.8. The van der Waals surface area contributed by atoms with Crippen molar-refractivity contribution in [2.45, 2.75) is 58.4 Å². The fourth-order valence-corrected chi connectivity index (χ4v) is 4.37. The monoisotopic (exact) mass is 461 g/mol. The van der Waals surface area contributed by atoms with Gasteiger partial charge >= 0.3 is 11.9 Å². The van der Waals surface area contributed by atoms with Crippen molar-refractivity contribution >= 4 is 17.8 Å². The van der Waals surface area contributed by atoms with Gasteiger partial charge in [0.05, 0.1) is 24.6 Å². The van der Waals surface area contributed by atoms with Crippen LogP contribution in [0.4, 0.5) is 0 Å². The third kappa shape index (κ3) is 6.13. The lowest BCUT2D eigenvalue weighted by molar-refractivity contribution is -0.142. The van der Waals surface area contributed by atoms with Crippen LogP contribution in [0.15, 0.2) is 70.7 Å². The molecule has 34 heavy (non-hydrogen) atoms. The van der Waals surface area contributed by atoms with Crippen LogP contribution in [0.5, 0.6) is 11.5 Å². The van der Waals surface area contributed by atoms with Crippen LogP contribution < -0.4 is 4.74 Å². The third-order valence-corrected chi connectivity index (χ3v) is 6.23. The second-order valence-corrected chi connectivity index (χ2v) is 8.92. The maximum atomic E-state index is 12.9. The minimum atomic E-state index is -0.448. The molecule has 1 heterocycles. The van der Waals surface area contributed by atoms with E-state index in [0.717, 1.165) is 37.0 Å². The number of cyclic esters (lactones) is 1. The molecule has 4 rings (SSSR count). The number of nitrogens with zero attached hydrogens (tertiary/aromatic N) is 1. The predicted molar refractivity (Wildman–Crippen MR) is 130 cm³/mol. The van der Waals surface area contributed by atoms with Crippen molar-refractivity contribution in [2.75, 3.05) is 6.61 Å². The van der Waals surface area contributed by atoms with Crippen LogP contribution >= 0.6 is 0 Å². The van der Waals surface area contributed by atoms with Gasteiger partial charge in [-0.2, -0.15) is 0 Å². The van der Waals surface area contributed by atoms with Crippen LogP contribution in [0.2, 0.25) is 0 Å². The normalized spacial score (nSPS) is 21.5. The van der Waals surface area contributed by atoms with Crippen molar-refractivity contribution in [2.24, 2.45) is 10.9 Å². The summed E-state index contributed by atoms with van der Waals surface area (Å²) in [5.41, 5.74) is 1.87. The zero-order chi connectivity index (χ0) is 23.9. The number of aliphatic imine (C=N–C) groups is 1. The van der Waals surface area contributed by atoms with Crippen molar-refractivity contribution in [1.29, 1.82) is 0 Å². The van der Waals surface area contributed by atoms with E-state index in [9.17, 15) is 9.59 Å². The van der Waals surface area contributed by atoms with Gasteiger partial charge < -0.3 is 14.2 Å². The third-order valence-electron chi connectivity index (χ3n) is 6.23. The molecule has 0 unspecified atom stereocenters. The van der Waals surface area contributed by atoms with Gasteiger partial charge in [-0.05, 0) is 68.4 Å². The predicted octanol–water partition coefficient (Wildman–Crippen LogP) is 5.81. The number of benzene rings is 2. The minimum Gasteiger partial charge on any atom is -0.466 e. The molecular formula is C28H31NO5. The summed E-state index contributed by atoms with van der Waals surface area (Å²) in [5.74, 6) is 1.55. The van der Waals surface area contributed by atoms with E-state index in [1.165, 1.54) is 0 Å². The van der Waals surface area contributed by atoms with Crippen LogP contribution in [0.3, 0.4) is 0 Å². The van der Waals surface area contributed by atoms with E-state index in [1.54, 1.807) is 6.92 Å². The van der Waals surface area contributed by atoms with Crippen LogP contribution in [-0.4, -0.2) is 30.5 Å². The number of ether oxygens (including phenoxy) is 3. The summed E-state index contributed by atoms with van der Waals surface area (Å²) < 4.78 is 16.7. The zero-order valence-corrected chi connectivity index (χ0v) is 19.8. The van der Waals surface area contributed by atoms with Gasteiger partial charge in [-0.1, -0.05) is 37.3 Å². The van der Waals surface area contributed by atoms with E-state index >= 15 is 0 Å². The minimum absolute atomic E-state index is 0.0307. The van der Waals surface area contributed by atoms with Gasteiger partial charge in [0.25, 0.3) is 0 Å². The van der Waals surface area contributed by atoms with E-state index < -0.39 is 5.97 Å². The number of para-hydroxylation sites is 1. The maximum Gasteiger partial charge on any atom is 0.341 e. The lowest BCUT2D eigenvalue weighted by Gasteiger charge is -2.23. The summed E-state index contributed by atoms with van der Waals surface area (Å²) in [7, 11) is 0. The average Bonchev–Trinajstić information content (AvgIpc) is 3.10. The van der Waals surface area contributed by atoms with Gasteiger partial charge in [0, 0.05) is 12.0 Å². The van der Waals surface area contributed by atoms with Crippen LogP contribution in [0.1, 0.15) is 51.5 Å². The summed E-state index contributed by atoms with van der Waals surface area (Å²) in [6.07, 6.45) is 4.42. The van der Waals surface area contributed by atoms with Crippen LogP contribution in [0.25, 0.3) is 0 Å². The van der Waals surface area contributed by atoms with Gasteiger partial charge in [-0.3, -0.25) is 4.79 Å². The molecule has 0 atom stereocenters. The number of rotatable bonds is 8. The summed E-state index contributed by atoms with van der Waals surface area (Å²) >= 11 is 0. The smallest absolute Gasteiger partial charge is 0.341 e. The van der Waals surface area contributed by atoms with Gasteiger partial charge in [0.1, 0.15) is 11.5 Å². The first-order valence-corrected chi connectivity index (χ1v) is 12.0. The van der Waals surface area contributed by atoms with Gasteiger partial charge in [-0.25, -0.2) is 9.79 Å². The molecule has 0 spiro atoms. The molecule has 0 radical (unpaired) electrons. The first-order valence-electron chi connectivity index (χ1n) is 12.0. The molecule has 2 aromatic rings. The molecule has 6 heteroatoms. The Balaban J connectivity index is 1.59. The Labute approximate surface area is 200 Å². The number of esters is 2. The van der Waals surface area contributed by atoms with Crippen molar-refractivity contribution in [1.82, 2.24) is 0 Å². The second kappa shape index (κ2) is 11.1. The Morgan fingerprint density at radius 3 is 2.47 bits per heavy atom. The molecule has 1 aliphatic carbocycles. The Bertz CT molecular complexity index is 1080. The van der Waals surface area contributed by atoms with Crippen LogP contribution in [0, 0.1) is 5.92 Å². The standard InChI is InChI=1S/C28H31NO5/c1-3-32-26(30)18-24-25(28(31)34-27(24)29-21-14-12-19(2)13-15-21)17-20-8-7-11-23(16-20)33-22-9-5-4-6-10-22/h4-11,16,19,21H,3,12-15,17-18H2,1-2H3/b29-27-. The van der Waals surface area contributed by atoms with Gasteiger partial charge in [0.15, 0.2) is 0 Å². The summed E-state index contributed by atoms with van der Waals surface area (Å²) in [6, 6.07) is 17.2. The first kappa shape index (κ1) is 23.7. The molecule has 178 valence electrons. The first-order chi connectivity index (χ1) is 16.5. The van der Waals surface area contributed by atoms with Crippen molar-refractivity contribution in [3.63, 3.8) is 0 Å². The fourth-order valence-electron chi connectivity index (χ4n) is 4.37. The largest absolute Gasteiger partial charge is 0.466 e. The molecule has 2 aromatic carbocycles. The maximum absolute atomic E-state index is 12.9. The molecule has 0 saturated heterocycles. The number of hydrogen-bond donors (Lipinski definition) is 0. The quantitative estimate of drug-likeness (QED) is 0.464.